The highest BCUT2D eigenvalue weighted by atomic mass is 16.3. The zero-order valence-corrected chi connectivity index (χ0v) is 6.30. The molecular formula is C7H16NO+. The summed E-state index contributed by atoms with van der Waals surface area (Å²) in [6.07, 6.45) is -0.00935. The Morgan fingerprint density at radius 3 is 1.89 bits per heavy atom. The summed E-state index contributed by atoms with van der Waals surface area (Å²) in [5.74, 6) is 0. The molecule has 0 aromatic rings. The third-order valence-corrected chi connectivity index (χ3v) is 2.54. The number of aliphatic hydroxyl groups excluding tert-OH is 1. The van der Waals surface area contributed by atoms with Crippen molar-refractivity contribution in [3.8, 4) is 0 Å². The van der Waals surface area contributed by atoms with Gasteiger partial charge in [0.15, 0.2) is 6.10 Å². The van der Waals surface area contributed by atoms with Crippen LogP contribution in [0.2, 0.25) is 0 Å². The van der Waals surface area contributed by atoms with E-state index in [1.54, 1.807) is 0 Å². The third kappa shape index (κ3) is 1.10. The Labute approximate surface area is 56.7 Å². The van der Waals surface area contributed by atoms with Gasteiger partial charge in [-0.3, -0.25) is 0 Å². The highest BCUT2D eigenvalue weighted by molar-refractivity contribution is 4.64. The van der Waals surface area contributed by atoms with Crippen LogP contribution in [-0.2, 0) is 0 Å². The van der Waals surface area contributed by atoms with Crippen LogP contribution in [0.3, 0.4) is 0 Å². The van der Waals surface area contributed by atoms with Gasteiger partial charge < -0.3 is 9.59 Å². The maximum Gasteiger partial charge on any atom is 0.152 e. The Kier molecular flexibility index (Phi) is 1.78. The number of hydrogen-bond donors (Lipinski definition) is 1. The normalized spacial score (nSPS) is 25.7. The van der Waals surface area contributed by atoms with E-state index < -0.39 is 0 Å². The Bertz CT molecular complexity index is 91.1. The fourth-order valence-electron chi connectivity index (χ4n) is 1.58. The lowest BCUT2D eigenvalue weighted by Gasteiger charge is -2.47. The molecule has 0 aromatic carbocycles. The quantitative estimate of drug-likeness (QED) is 0.530. The van der Waals surface area contributed by atoms with E-state index >= 15 is 0 Å². The number of hydrogen-bond acceptors (Lipinski definition) is 1. The minimum absolute atomic E-state index is 0.00935. The van der Waals surface area contributed by atoms with E-state index in [-0.39, 0.29) is 6.10 Å². The zero-order chi connectivity index (χ0) is 6.91. The number of rotatable bonds is 2. The molecule has 0 bridgehead atoms. The van der Waals surface area contributed by atoms with E-state index in [0.717, 1.165) is 17.6 Å². The van der Waals surface area contributed by atoms with Crippen LogP contribution in [0.25, 0.3) is 0 Å². The molecule has 0 spiro atoms. The van der Waals surface area contributed by atoms with Crippen LogP contribution in [0.5, 0.6) is 0 Å². The lowest BCUT2D eigenvalue weighted by molar-refractivity contribution is -0.969. The van der Waals surface area contributed by atoms with Crippen molar-refractivity contribution in [3.63, 3.8) is 0 Å². The molecule has 1 aliphatic heterocycles. The van der Waals surface area contributed by atoms with Crippen molar-refractivity contribution in [2.45, 2.75) is 20.0 Å². The second-order valence-corrected chi connectivity index (χ2v) is 2.99. The first kappa shape index (κ1) is 7.03. The molecule has 1 heterocycles. The van der Waals surface area contributed by atoms with Gasteiger partial charge in [-0.15, -0.1) is 0 Å². The maximum absolute atomic E-state index is 9.03. The van der Waals surface area contributed by atoms with Crippen LogP contribution in [0.15, 0.2) is 0 Å². The summed E-state index contributed by atoms with van der Waals surface area (Å²) in [5, 5.41) is 9.03. The summed E-state index contributed by atoms with van der Waals surface area (Å²) in [6.45, 7) is 8.69. The van der Waals surface area contributed by atoms with Gasteiger partial charge in [0, 0.05) is 0 Å². The largest absolute Gasteiger partial charge is 0.382 e. The first-order valence-corrected chi connectivity index (χ1v) is 3.75. The molecule has 0 atom stereocenters. The topological polar surface area (TPSA) is 20.2 Å². The summed E-state index contributed by atoms with van der Waals surface area (Å²) in [6, 6.07) is 0. The number of nitrogens with zero attached hydrogens (tertiary/aromatic N) is 1. The van der Waals surface area contributed by atoms with Crippen LogP contribution in [0.1, 0.15) is 13.8 Å². The summed E-state index contributed by atoms with van der Waals surface area (Å²) in [5.41, 5.74) is 0. The Hall–Kier alpha value is -0.0800. The van der Waals surface area contributed by atoms with Gasteiger partial charge in [-0.2, -0.15) is 0 Å². The standard InChI is InChI=1S/C7H16NO/c1-3-8(4-2)5-7(9)6-8/h7,9H,3-6H2,1-2H3/q+1. The molecule has 2 heteroatoms. The predicted octanol–water partition coefficient (Wildman–Crippen LogP) is 0.218. The minimum atomic E-state index is -0.00935. The Morgan fingerprint density at radius 1 is 1.33 bits per heavy atom. The number of likely N-dealkylation sites (tertiary alicyclic amines) is 1. The molecule has 0 aromatic heterocycles. The molecule has 1 saturated heterocycles. The summed E-state index contributed by atoms with van der Waals surface area (Å²) in [7, 11) is 0. The second-order valence-electron chi connectivity index (χ2n) is 2.99. The van der Waals surface area contributed by atoms with Crippen LogP contribution >= 0.6 is 0 Å². The molecule has 0 saturated carbocycles. The van der Waals surface area contributed by atoms with Gasteiger partial charge in [-0.1, -0.05) is 0 Å². The van der Waals surface area contributed by atoms with E-state index in [1.165, 1.54) is 13.1 Å². The van der Waals surface area contributed by atoms with Gasteiger partial charge in [0.25, 0.3) is 0 Å². The van der Waals surface area contributed by atoms with Crippen molar-refractivity contribution in [2.75, 3.05) is 26.2 Å². The molecule has 0 amide bonds. The second kappa shape index (κ2) is 2.27. The van der Waals surface area contributed by atoms with E-state index in [0.29, 0.717) is 0 Å². The molecule has 1 rings (SSSR count). The van der Waals surface area contributed by atoms with Crippen molar-refractivity contribution in [3.05, 3.63) is 0 Å². The van der Waals surface area contributed by atoms with E-state index in [4.69, 9.17) is 5.11 Å². The van der Waals surface area contributed by atoms with Crippen molar-refractivity contribution in [1.29, 1.82) is 0 Å². The first-order chi connectivity index (χ1) is 4.22. The Balaban J connectivity index is 2.36. The number of likely N-dealkylation sites (N-methyl/N-ethyl adjacent to an activating group) is 1. The smallest absolute Gasteiger partial charge is 0.152 e. The van der Waals surface area contributed by atoms with Gasteiger partial charge in [-0.05, 0) is 13.8 Å². The summed E-state index contributed by atoms with van der Waals surface area (Å²) >= 11 is 0. The van der Waals surface area contributed by atoms with Crippen LogP contribution in [-0.4, -0.2) is 41.9 Å². The molecular weight excluding hydrogens is 114 g/mol. The molecule has 1 aliphatic rings. The average Bonchev–Trinajstić information content (AvgIpc) is 1.81. The monoisotopic (exact) mass is 130 g/mol. The molecule has 2 nitrogen and oxygen atoms in total. The van der Waals surface area contributed by atoms with E-state index in [2.05, 4.69) is 13.8 Å². The maximum atomic E-state index is 9.03. The van der Waals surface area contributed by atoms with Crippen molar-refractivity contribution in [1.82, 2.24) is 0 Å². The molecule has 0 unspecified atom stereocenters. The predicted molar refractivity (Wildman–Crippen MR) is 37.1 cm³/mol. The zero-order valence-electron chi connectivity index (χ0n) is 6.30. The van der Waals surface area contributed by atoms with E-state index in [9.17, 15) is 0 Å². The Morgan fingerprint density at radius 2 is 1.78 bits per heavy atom. The average molecular weight is 130 g/mol. The fraction of sp³-hybridized carbons (Fsp3) is 1.00. The van der Waals surface area contributed by atoms with Crippen molar-refractivity contribution >= 4 is 0 Å². The highest BCUT2D eigenvalue weighted by Gasteiger charge is 2.39. The minimum Gasteiger partial charge on any atom is -0.382 e. The SMILES string of the molecule is CC[N+]1(CC)CC(O)C1. The van der Waals surface area contributed by atoms with Crippen LogP contribution in [0.4, 0.5) is 0 Å². The van der Waals surface area contributed by atoms with Crippen molar-refractivity contribution < 1.29 is 9.59 Å². The molecule has 9 heavy (non-hydrogen) atoms. The summed E-state index contributed by atoms with van der Waals surface area (Å²) < 4.78 is 1.13. The van der Waals surface area contributed by atoms with Crippen molar-refractivity contribution in [2.24, 2.45) is 0 Å². The van der Waals surface area contributed by atoms with Gasteiger partial charge in [0.2, 0.25) is 0 Å². The fourth-order valence-corrected chi connectivity index (χ4v) is 1.58. The first-order valence-electron chi connectivity index (χ1n) is 3.75. The molecule has 1 fully saturated rings. The van der Waals surface area contributed by atoms with Crippen LogP contribution in [0, 0.1) is 0 Å². The third-order valence-electron chi connectivity index (χ3n) is 2.54. The lowest BCUT2D eigenvalue weighted by atomic mass is 10.1. The molecule has 0 aliphatic carbocycles. The summed E-state index contributed by atoms with van der Waals surface area (Å²) in [4.78, 5) is 0. The highest BCUT2D eigenvalue weighted by Crippen LogP contribution is 2.18. The molecule has 54 valence electrons. The van der Waals surface area contributed by atoms with Gasteiger partial charge in [0.05, 0.1) is 13.1 Å². The van der Waals surface area contributed by atoms with Gasteiger partial charge in [-0.25, -0.2) is 0 Å². The number of aliphatic hydroxyl groups is 1. The van der Waals surface area contributed by atoms with Crippen LogP contribution < -0.4 is 0 Å². The van der Waals surface area contributed by atoms with Gasteiger partial charge in [0.1, 0.15) is 13.1 Å². The lowest BCUT2D eigenvalue weighted by Crippen LogP contribution is -2.66. The number of quaternary nitrogens is 1. The van der Waals surface area contributed by atoms with Gasteiger partial charge >= 0.3 is 0 Å². The van der Waals surface area contributed by atoms with E-state index in [1.807, 2.05) is 0 Å². The molecule has 0 radical (unpaired) electrons. The molecule has 1 N–H and O–H groups in total.